The molecule has 0 aliphatic carbocycles. The summed E-state index contributed by atoms with van der Waals surface area (Å²) in [4.78, 5) is 19.7. The second-order valence-electron chi connectivity index (χ2n) is 8.31. The van der Waals surface area contributed by atoms with Crippen LogP contribution in [0.25, 0.3) is 22.2 Å². The summed E-state index contributed by atoms with van der Waals surface area (Å²) in [5.41, 5.74) is 4.13. The van der Waals surface area contributed by atoms with Gasteiger partial charge in [-0.3, -0.25) is 0 Å². The van der Waals surface area contributed by atoms with Crippen LogP contribution in [0.2, 0.25) is 0 Å². The average molecular weight is 474 g/mol. The standard InChI is InChI=1S/C27H27N3O5/c1-32-19-9-6-17(7-10-19)18-8-13-24-22(15-18)28-26(35-24)23-5-4-14-30(23)27(31)29-21-12-11-20(33-2)16-25(21)34-3/h6-13,15-16,23H,4-5,14H2,1-3H3,(H,29,31). The van der Waals surface area contributed by atoms with Crippen molar-refractivity contribution in [3.8, 4) is 28.4 Å². The van der Waals surface area contributed by atoms with Crippen LogP contribution in [-0.4, -0.2) is 43.8 Å². The van der Waals surface area contributed by atoms with E-state index in [0.717, 1.165) is 35.2 Å². The summed E-state index contributed by atoms with van der Waals surface area (Å²) in [7, 11) is 4.79. The second kappa shape index (κ2) is 9.58. The molecule has 3 aromatic carbocycles. The number of carbonyl (C=O) groups excluding carboxylic acids is 1. The molecule has 0 radical (unpaired) electrons. The summed E-state index contributed by atoms with van der Waals surface area (Å²) in [6, 6.07) is 18.6. The lowest BCUT2D eigenvalue weighted by Gasteiger charge is -2.23. The van der Waals surface area contributed by atoms with Crippen LogP contribution in [0.1, 0.15) is 24.8 Å². The highest BCUT2D eigenvalue weighted by atomic mass is 16.5. The molecule has 1 aliphatic rings. The molecule has 4 aromatic rings. The largest absolute Gasteiger partial charge is 0.497 e. The summed E-state index contributed by atoms with van der Waals surface area (Å²) in [6.07, 6.45) is 1.65. The van der Waals surface area contributed by atoms with Crippen LogP contribution < -0.4 is 19.5 Å². The highest BCUT2D eigenvalue weighted by molar-refractivity contribution is 5.91. The van der Waals surface area contributed by atoms with E-state index in [9.17, 15) is 4.79 Å². The van der Waals surface area contributed by atoms with Gasteiger partial charge in [0.25, 0.3) is 0 Å². The Bertz CT molecular complexity index is 1350. The van der Waals surface area contributed by atoms with Crippen molar-refractivity contribution in [1.29, 1.82) is 0 Å². The number of fused-ring (bicyclic) bond motifs is 1. The van der Waals surface area contributed by atoms with Crippen molar-refractivity contribution < 1.29 is 23.4 Å². The lowest BCUT2D eigenvalue weighted by atomic mass is 10.1. The molecule has 5 rings (SSSR count). The van der Waals surface area contributed by atoms with E-state index in [4.69, 9.17) is 23.6 Å². The number of nitrogens with zero attached hydrogens (tertiary/aromatic N) is 2. The molecular formula is C27H27N3O5. The predicted octanol–water partition coefficient (Wildman–Crippen LogP) is 5.89. The number of hydrogen-bond acceptors (Lipinski definition) is 6. The van der Waals surface area contributed by atoms with Crippen LogP contribution in [-0.2, 0) is 0 Å². The number of aromatic nitrogens is 1. The fraction of sp³-hybridized carbons (Fsp3) is 0.259. The number of amides is 2. The summed E-state index contributed by atoms with van der Waals surface area (Å²) in [5, 5.41) is 2.95. The molecule has 1 aromatic heterocycles. The van der Waals surface area contributed by atoms with Crippen LogP contribution >= 0.6 is 0 Å². The van der Waals surface area contributed by atoms with E-state index in [2.05, 4.69) is 5.32 Å². The Morgan fingerprint density at radius 3 is 2.43 bits per heavy atom. The molecule has 2 amide bonds. The number of urea groups is 1. The molecule has 8 heteroatoms. The summed E-state index contributed by atoms with van der Waals surface area (Å²) in [5.74, 6) is 2.53. The van der Waals surface area contributed by atoms with Crippen molar-refractivity contribution in [2.75, 3.05) is 33.2 Å². The minimum absolute atomic E-state index is 0.225. The van der Waals surface area contributed by atoms with Crippen LogP contribution in [0, 0.1) is 0 Å². The molecule has 1 unspecified atom stereocenters. The predicted molar refractivity (Wildman–Crippen MR) is 133 cm³/mol. The lowest BCUT2D eigenvalue weighted by Crippen LogP contribution is -2.34. The van der Waals surface area contributed by atoms with Gasteiger partial charge in [-0.05, 0) is 60.4 Å². The SMILES string of the molecule is COc1ccc(-c2ccc3oc(C4CCCN4C(=O)Nc4ccc(OC)cc4OC)nc3c2)cc1. The first-order chi connectivity index (χ1) is 17.1. The number of rotatable bonds is 6. The number of oxazole rings is 1. The Hall–Kier alpha value is -4.20. The van der Waals surface area contributed by atoms with Gasteiger partial charge in [0.1, 0.15) is 28.8 Å². The average Bonchev–Trinajstić information content (AvgIpc) is 3.55. The van der Waals surface area contributed by atoms with Gasteiger partial charge in [0.05, 0.1) is 27.0 Å². The van der Waals surface area contributed by atoms with E-state index >= 15 is 0 Å². The third kappa shape index (κ3) is 4.47. The first kappa shape index (κ1) is 22.6. The third-order valence-electron chi connectivity index (χ3n) is 6.28. The number of anilines is 1. The lowest BCUT2D eigenvalue weighted by molar-refractivity contribution is 0.198. The van der Waals surface area contributed by atoms with Crippen molar-refractivity contribution in [1.82, 2.24) is 9.88 Å². The maximum atomic E-state index is 13.2. The molecule has 8 nitrogen and oxygen atoms in total. The summed E-state index contributed by atoms with van der Waals surface area (Å²) >= 11 is 0. The summed E-state index contributed by atoms with van der Waals surface area (Å²) < 4.78 is 22.0. The molecule has 1 aliphatic heterocycles. The second-order valence-corrected chi connectivity index (χ2v) is 8.31. The smallest absolute Gasteiger partial charge is 0.322 e. The van der Waals surface area contributed by atoms with Gasteiger partial charge in [0.2, 0.25) is 5.89 Å². The molecule has 1 fully saturated rings. The van der Waals surface area contributed by atoms with Crippen molar-refractivity contribution in [2.24, 2.45) is 0 Å². The Kier molecular flexibility index (Phi) is 6.18. The first-order valence-corrected chi connectivity index (χ1v) is 11.4. The number of likely N-dealkylation sites (tertiary alicyclic amines) is 1. The maximum absolute atomic E-state index is 13.2. The molecule has 2 heterocycles. The Balaban J connectivity index is 1.37. The highest BCUT2D eigenvalue weighted by Crippen LogP contribution is 2.36. The Morgan fingerprint density at radius 2 is 1.69 bits per heavy atom. The van der Waals surface area contributed by atoms with Gasteiger partial charge in [-0.1, -0.05) is 18.2 Å². The topological polar surface area (TPSA) is 86.1 Å². The molecule has 1 N–H and O–H groups in total. The fourth-order valence-corrected chi connectivity index (χ4v) is 4.41. The van der Waals surface area contributed by atoms with E-state index in [1.807, 2.05) is 42.5 Å². The number of carbonyl (C=O) groups is 1. The van der Waals surface area contributed by atoms with Crippen molar-refractivity contribution in [3.05, 3.63) is 66.6 Å². The van der Waals surface area contributed by atoms with Crippen molar-refractivity contribution >= 4 is 22.8 Å². The Labute approximate surface area is 203 Å². The quantitative estimate of drug-likeness (QED) is 0.376. The van der Waals surface area contributed by atoms with Crippen LogP contribution in [0.5, 0.6) is 17.2 Å². The zero-order chi connectivity index (χ0) is 24.4. The molecule has 0 spiro atoms. The molecule has 0 saturated carbocycles. The number of ether oxygens (including phenoxy) is 3. The first-order valence-electron chi connectivity index (χ1n) is 11.4. The maximum Gasteiger partial charge on any atom is 0.322 e. The van der Waals surface area contributed by atoms with Gasteiger partial charge < -0.3 is 28.8 Å². The van der Waals surface area contributed by atoms with Gasteiger partial charge >= 0.3 is 6.03 Å². The molecule has 0 bridgehead atoms. The number of benzene rings is 3. The summed E-state index contributed by atoms with van der Waals surface area (Å²) in [6.45, 7) is 0.616. The molecule has 180 valence electrons. The number of methoxy groups -OCH3 is 3. The fourth-order valence-electron chi connectivity index (χ4n) is 4.41. The molecular weight excluding hydrogens is 446 g/mol. The third-order valence-corrected chi connectivity index (χ3v) is 6.28. The zero-order valence-electron chi connectivity index (χ0n) is 19.9. The van der Waals surface area contributed by atoms with Crippen LogP contribution in [0.15, 0.2) is 65.1 Å². The van der Waals surface area contributed by atoms with Crippen LogP contribution in [0.3, 0.4) is 0 Å². The number of hydrogen-bond donors (Lipinski definition) is 1. The monoisotopic (exact) mass is 473 g/mol. The highest BCUT2D eigenvalue weighted by Gasteiger charge is 2.34. The minimum Gasteiger partial charge on any atom is -0.497 e. The van der Waals surface area contributed by atoms with E-state index in [0.29, 0.717) is 35.2 Å². The van der Waals surface area contributed by atoms with Gasteiger partial charge in [-0.15, -0.1) is 0 Å². The van der Waals surface area contributed by atoms with Gasteiger partial charge in [-0.25, -0.2) is 9.78 Å². The van der Waals surface area contributed by atoms with Gasteiger partial charge in [0, 0.05) is 12.6 Å². The molecule has 1 saturated heterocycles. The molecule has 1 atom stereocenters. The van der Waals surface area contributed by atoms with E-state index < -0.39 is 0 Å². The van der Waals surface area contributed by atoms with Crippen molar-refractivity contribution in [2.45, 2.75) is 18.9 Å². The minimum atomic E-state index is -0.240. The van der Waals surface area contributed by atoms with Crippen LogP contribution in [0.4, 0.5) is 10.5 Å². The number of nitrogens with one attached hydrogen (secondary N) is 1. The van der Waals surface area contributed by atoms with Gasteiger partial charge in [0.15, 0.2) is 5.58 Å². The van der Waals surface area contributed by atoms with E-state index in [1.165, 1.54) is 0 Å². The van der Waals surface area contributed by atoms with Gasteiger partial charge in [-0.2, -0.15) is 0 Å². The normalized spacial score (nSPS) is 15.3. The van der Waals surface area contributed by atoms with Crippen molar-refractivity contribution in [3.63, 3.8) is 0 Å². The van der Waals surface area contributed by atoms with E-state index in [-0.39, 0.29) is 12.1 Å². The zero-order valence-corrected chi connectivity index (χ0v) is 19.9. The molecule has 35 heavy (non-hydrogen) atoms. The van der Waals surface area contributed by atoms with E-state index in [1.54, 1.807) is 44.4 Å². The Morgan fingerprint density at radius 1 is 0.943 bits per heavy atom.